The third-order valence-electron chi connectivity index (χ3n) is 4.90. The molecular weight excluding hydrogens is 385 g/mol. The van der Waals surface area contributed by atoms with E-state index in [-0.39, 0.29) is 17.3 Å². The summed E-state index contributed by atoms with van der Waals surface area (Å²) in [7, 11) is 0. The lowest BCUT2D eigenvalue weighted by Crippen LogP contribution is -2.24. The van der Waals surface area contributed by atoms with Crippen LogP contribution in [-0.4, -0.2) is 14.6 Å². The molecule has 4 nitrogen and oxygen atoms in total. The Labute approximate surface area is 172 Å². The van der Waals surface area contributed by atoms with E-state index in [9.17, 15) is 9.18 Å². The third kappa shape index (κ3) is 3.98. The molecule has 1 atom stereocenters. The molecule has 0 bridgehead atoms. The fraction of sp³-hybridized carbons (Fsp3) is 0.261. The van der Waals surface area contributed by atoms with Gasteiger partial charge in [-0.15, -0.1) is 5.10 Å². The maximum Gasteiger partial charge on any atom is 0.291 e. The SMILES string of the molecule is CC(C)Cc1ccc(C(C)c2nc3s/c(=C\c4ccccc4F)c(=O)n3n2)cc1. The van der Waals surface area contributed by atoms with Gasteiger partial charge >= 0.3 is 0 Å². The molecule has 0 saturated heterocycles. The monoisotopic (exact) mass is 407 g/mol. The van der Waals surface area contributed by atoms with Gasteiger partial charge in [0.1, 0.15) is 5.82 Å². The number of rotatable bonds is 5. The van der Waals surface area contributed by atoms with Crippen molar-refractivity contribution in [1.29, 1.82) is 0 Å². The first-order valence-electron chi connectivity index (χ1n) is 9.67. The van der Waals surface area contributed by atoms with Crippen LogP contribution in [0, 0.1) is 11.7 Å². The zero-order valence-electron chi connectivity index (χ0n) is 16.6. The van der Waals surface area contributed by atoms with Crippen LogP contribution in [-0.2, 0) is 6.42 Å². The molecule has 0 aliphatic carbocycles. The summed E-state index contributed by atoms with van der Waals surface area (Å²) in [5.41, 5.74) is 2.53. The molecule has 2 aromatic carbocycles. The number of hydrogen-bond donors (Lipinski definition) is 0. The van der Waals surface area contributed by atoms with Crippen LogP contribution in [0.4, 0.5) is 4.39 Å². The number of nitrogens with zero attached hydrogens (tertiary/aromatic N) is 3. The van der Waals surface area contributed by atoms with Gasteiger partial charge in [-0.25, -0.2) is 9.37 Å². The van der Waals surface area contributed by atoms with Gasteiger partial charge in [0.05, 0.1) is 4.53 Å². The molecule has 0 aliphatic rings. The zero-order valence-corrected chi connectivity index (χ0v) is 17.4. The molecule has 148 valence electrons. The molecule has 0 fully saturated rings. The average Bonchev–Trinajstić information content (AvgIpc) is 3.23. The quantitative estimate of drug-likeness (QED) is 0.498. The van der Waals surface area contributed by atoms with E-state index < -0.39 is 0 Å². The fourth-order valence-electron chi connectivity index (χ4n) is 3.33. The molecular formula is C23H22FN3OS. The summed E-state index contributed by atoms with van der Waals surface area (Å²) in [6.45, 7) is 6.45. The van der Waals surface area contributed by atoms with Crippen molar-refractivity contribution in [1.82, 2.24) is 14.6 Å². The Morgan fingerprint density at radius 2 is 1.83 bits per heavy atom. The van der Waals surface area contributed by atoms with Gasteiger partial charge < -0.3 is 0 Å². The van der Waals surface area contributed by atoms with E-state index in [1.807, 2.05) is 6.92 Å². The minimum Gasteiger partial charge on any atom is -0.266 e. The molecule has 6 heteroatoms. The molecule has 1 unspecified atom stereocenters. The second-order valence-corrected chi connectivity index (χ2v) is 8.67. The highest BCUT2D eigenvalue weighted by atomic mass is 32.1. The first-order chi connectivity index (χ1) is 13.9. The van der Waals surface area contributed by atoms with E-state index in [0.29, 0.717) is 26.8 Å². The van der Waals surface area contributed by atoms with E-state index in [1.54, 1.807) is 24.3 Å². The first kappa shape index (κ1) is 19.5. The Morgan fingerprint density at radius 3 is 2.48 bits per heavy atom. The molecule has 0 spiro atoms. The lowest BCUT2D eigenvalue weighted by molar-refractivity contribution is 0.625. The van der Waals surface area contributed by atoms with Crippen LogP contribution >= 0.6 is 11.3 Å². The number of aromatic nitrogens is 3. The zero-order chi connectivity index (χ0) is 20.5. The van der Waals surface area contributed by atoms with Gasteiger partial charge in [-0.2, -0.15) is 4.52 Å². The van der Waals surface area contributed by atoms with Crippen molar-refractivity contribution in [2.45, 2.75) is 33.1 Å². The molecule has 29 heavy (non-hydrogen) atoms. The van der Waals surface area contributed by atoms with Gasteiger partial charge in [0.2, 0.25) is 4.96 Å². The summed E-state index contributed by atoms with van der Waals surface area (Å²) in [5, 5.41) is 4.43. The molecule has 0 amide bonds. The third-order valence-corrected chi connectivity index (χ3v) is 5.86. The minimum atomic E-state index is -0.360. The van der Waals surface area contributed by atoms with E-state index in [0.717, 1.165) is 12.0 Å². The topological polar surface area (TPSA) is 47.3 Å². The van der Waals surface area contributed by atoms with Crippen molar-refractivity contribution in [3.63, 3.8) is 0 Å². The van der Waals surface area contributed by atoms with Gasteiger partial charge in [0.15, 0.2) is 5.82 Å². The average molecular weight is 408 g/mol. The summed E-state index contributed by atoms with van der Waals surface area (Å²) >= 11 is 1.22. The van der Waals surface area contributed by atoms with E-state index in [4.69, 9.17) is 0 Å². The van der Waals surface area contributed by atoms with Gasteiger partial charge in [0.25, 0.3) is 5.56 Å². The van der Waals surface area contributed by atoms with Crippen molar-refractivity contribution in [3.05, 3.63) is 91.7 Å². The molecule has 4 rings (SSSR count). The Kier molecular flexibility index (Phi) is 5.28. The molecule has 0 aliphatic heterocycles. The largest absolute Gasteiger partial charge is 0.291 e. The summed E-state index contributed by atoms with van der Waals surface area (Å²) < 4.78 is 15.6. The van der Waals surface area contributed by atoms with E-state index in [1.165, 1.54) is 27.5 Å². The van der Waals surface area contributed by atoms with Crippen molar-refractivity contribution >= 4 is 22.4 Å². The lowest BCUT2D eigenvalue weighted by Gasteiger charge is -2.10. The summed E-state index contributed by atoms with van der Waals surface area (Å²) in [5.74, 6) is 0.850. The molecule has 0 radical (unpaired) electrons. The van der Waals surface area contributed by atoms with Crippen molar-refractivity contribution < 1.29 is 4.39 Å². The number of halogens is 1. The van der Waals surface area contributed by atoms with Crippen LogP contribution in [0.5, 0.6) is 0 Å². The second kappa shape index (κ2) is 7.87. The fourth-order valence-corrected chi connectivity index (χ4v) is 4.23. The standard InChI is InChI=1S/C23H22FN3OS/c1-14(2)12-16-8-10-17(11-9-16)15(3)21-25-23-27(26-21)22(28)20(29-23)13-18-6-4-5-7-19(18)24/h4-11,13-15H,12H2,1-3H3/b20-13-. The highest BCUT2D eigenvalue weighted by molar-refractivity contribution is 7.15. The molecule has 0 saturated carbocycles. The molecule has 0 N–H and O–H groups in total. The Bertz CT molecular complexity index is 1260. The highest BCUT2D eigenvalue weighted by Crippen LogP contribution is 2.23. The van der Waals surface area contributed by atoms with Crippen molar-refractivity contribution in [2.75, 3.05) is 0 Å². The number of benzene rings is 2. The normalized spacial score (nSPS) is 13.5. The van der Waals surface area contributed by atoms with Gasteiger partial charge in [-0.1, -0.05) is 74.6 Å². The Balaban J connectivity index is 1.65. The van der Waals surface area contributed by atoms with Crippen LogP contribution in [0.1, 0.15) is 49.2 Å². The van der Waals surface area contributed by atoms with Crippen molar-refractivity contribution in [3.8, 4) is 0 Å². The van der Waals surface area contributed by atoms with Crippen LogP contribution in [0.15, 0.2) is 53.3 Å². The van der Waals surface area contributed by atoms with Gasteiger partial charge in [-0.05, 0) is 35.6 Å². The number of hydrogen-bond acceptors (Lipinski definition) is 4. The highest BCUT2D eigenvalue weighted by Gasteiger charge is 2.17. The van der Waals surface area contributed by atoms with Crippen LogP contribution in [0.3, 0.4) is 0 Å². The van der Waals surface area contributed by atoms with Crippen molar-refractivity contribution in [2.24, 2.45) is 5.92 Å². The lowest BCUT2D eigenvalue weighted by atomic mass is 9.96. The Morgan fingerprint density at radius 1 is 1.10 bits per heavy atom. The van der Waals surface area contributed by atoms with E-state index >= 15 is 0 Å². The molecule has 4 aromatic rings. The predicted octanol–water partition coefficient (Wildman–Crippen LogP) is 4.19. The minimum absolute atomic E-state index is 0.0198. The smallest absolute Gasteiger partial charge is 0.266 e. The maximum absolute atomic E-state index is 13.9. The maximum atomic E-state index is 13.9. The van der Waals surface area contributed by atoms with Gasteiger partial charge in [-0.3, -0.25) is 4.79 Å². The van der Waals surface area contributed by atoms with Gasteiger partial charge in [0, 0.05) is 11.5 Å². The first-order valence-corrected chi connectivity index (χ1v) is 10.5. The number of thiazole rings is 1. The summed E-state index contributed by atoms with van der Waals surface area (Å²) in [6.07, 6.45) is 2.60. The van der Waals surface area contributed by atoms with Crippen LogP contribution in [0.25, 0.3) is 11.0 Å². The predicted molar refractivity (Wildman–Crippen MR) is 115 cm³/mol. The van der Waals surface area contributed by atoms with E-state index in [2.05, 4.69) is 48.2 Å². The van der Waals surface area contributed by atoms with Crippen LogP contribution < -0.4 is 10.1 Å². The van der Waals surface area contributed by atoms with Crippen LogP contribution in [0.2, 0.25) is 0 Å². The Hall–Kier alpha value is -2.86. The summed E-state index contributed by atoms with van der Waals surface area (Å²) in [4.78, 5) is 17.8. The molecule has 2 heterocycles. The molecule has 2 aromatic heterocycles. The number of fused-ring (bicyclic) bond motifs is 1. The summed E-state index contributed by atoms with van der Waals surface area (Å²) in [6, 6.07) is 14.9. The second-order valence-electron chi connectivity index (χ2n) is 7.66.